The Kier molecular flexibility index (Phi) is 3.90. The molecule has 0 aliphatic heterocycles. The largest absolute Gasteiger partial charge is 0.495 e. The molecule has 0 radical (unpaired) electrons. The van der Waals surface area contributed by atoms with Gasteiger partial charge in [-0.25, -0.2) is 8.42 Å². The average molecular weight is 245 g/mol. The van der Waals surface area contributed by atoms with Gasteiger partial charge in [0.1, 0.15) is 10.6 Å². The van der Waals surface area contributed by atoms with E-state index in [0.29, 0.717) is 5.56 Å². The zero-order valence-corrected chi connectivity index (χ0v) is 9.99. The number of methoxy groups -OCH3 is 1. The molecule has 0 aliphatic carbocycles. The zero-order valence-electron chi connectivity index (χ0n) is 9.17. The van der Waals surface area contributed by atoms with Crippen LogP contribution >= 0.6 is 0 Å². The van der Waals surface area contributed by atoms with E-state index in [4.69, 9.17) is 15.6 Å². The van der Waals surface area contributed by atoms with Crippen molar-refractivity contribution >= 4 is 9.84 Å². The van der Waals surface area contributed by atoms with Gasteiger partial charge in [-0.05, 0) is 17.7 Å². The lowest BCUT2D eigenvalue weighted by Gasteiger charge is -2.12. The molecule has 5 nitrogen and oxygen atoms in total. The molecule has 1 rings (SSSR count). The van der Waals surface area contributed by atoms with Crippen LogP contribution in [0.3, 0.4) is 0 Å². The lowest BCUT2D eigenvalue weighted by molar-refractivity contribution is 0.267. The van der Waals surface area contributed by atoms with Crippen LogP contribution in [0.2, 0.25) is 0 Å². The molecule has 0 saturated carbocycles. The van der Waals surface area contributed by atoms with Gasteiger partial charge in [-0.3, -0.25) is 0 Å². The summed E-state index contributed by atoms with van der Waals surface area (Å²) in [6.45, 7) is -0.241. The van der Waals surface area contributed by atoms with Gasteiger partial charge >= 0.3 is 0 Å². The Morgan fingerprint density at radius 2 is 2.12 bits per heavy atom. The number of sulfone groups is 1. The summed E-state index contributed by atoms with van der Waals surface area (Å²) in [4.78, 5) is 0.0800. The first-order chi connectivity index (χ1) is 7.40. The van der Waals surface area contributed by atoms with Crippen molar-refractivity contribution in [1.82, 2.24) is 0 Å². The topological polar surface area (TPSA) is 89.6 Å². The molecule has 0 amide bonds. The van der Waals surface area contributed by atoms with E-state index in [-0.39, 0.29) is 17.3 Å². The van der Waals surface area contributed by atoms with E-state index in [1.165, 1.54) is 19.2 Å². The minimum atomic E-state index is -3.37. The van der Waals surface area contributed by atoms with E-state index < -0.39 is 15.9 Å². The second-order valence-corrected chi connectivity index (χ2v) is 5.46. The van der Waals surface area contributed by atoms with Crippen molar-refractivity contribution in [2.24, 2.45) is 5.73 Å². The summed E-state index contributed by atoms with van der Waals surface area (Å²) >= 11 is 0. The predicted octanol–water partition coefficient (Wildman–Crippen LogP) is 0.0908. The van der Waals surface area contributed by atoms with Gasteiger partial charge in [-0.15, -0.1) is 0 Å². The highest BCUT2D eigenvalue weighted by atomic mass is 32.2. The highest BCUT2D eigenvalue weighted by molar-refractivity contribution is 7.90. The Morgan fingerprint density at radius 1 is 1.50 bits per heavy atom. The van der Waals surface area contributed by atoms with E-state index in [1.807, 2.05) is 0 Å². The van der Waals surface area contributed by atoms with Gasteiger partial charge in [-0.2, -0.15) is 0 Å². The number of hydrogen-bond acceptors (Lipinski definition) is 5. The van der Waals surface area contributed by atoms with Crippen molar-refractivity contribution in [2.45, 2.75) is 10.9 Å². The summed E-state index contributed by atoms with van der Waals surface area (Å²) in [5, 5.41) is 8.90. The highest BCUT2D eigenvalue weighted by Gasteiger charge is 2.16. The van der Waals surface area contributed by atoms with Crippen molar-refractivity contribution < 1.29 is 18.3 Å². The van der Waals surface area contributed by atoms with Crippen LogP contribution in [-0.2, 0) is 9.84 Å². The Hall–Kier alpha value is -1.11. The van der Waals surface area contributed by atoms with Gasteiger partial charge in [0, 0.05) is 6.26 Å². The standard InChI is InChI=1S/C10H15NO4S/c1-15-9-4-3-7(8(11)6-12)5-10(9)16(2,13)14/h3-5,8,12H,6,11H2,1-2H3. The molecule has 6 heteroatoms. The number of hydrogen-bond donors (Lipinski definition) is 2. The summed E-state index contributed by atoms with van der Waals surface area (Å²) in [5.41, 5.74) is 6.17. The molecule has 0 fully saturated rings. The predicted molar refractivity (Wildman–Crippen MR) is 60.1 cm³/mol. The molecule has 1 unspecified atom stereocenters. The lowest BCUT2D eigenvalue weighted by Crippen LogP contribution is -2.15. The second-order valence-electron chi connectivity index (χ2n) is 3.47. The Morgan fingerprint density at radius 3 is 2.56 bits per heavy atom. The molecular formula is C10H15NO4S. The number of aliphatic hydroxyl groups excluding tert-OH is 1. The van der Waals surface area contributed by atoms with Crippen LogP contribution in [0, 0.1) is 0 Å². The molecule has 0 heterocycles. The van der Waals surface area contributed by atoms with Crippen LogP contribution in [0.1, 0.15) is 11.6 Å². The molecule has 0 aromatic heterocycles. The fraction of sp³-hybridized carbons (Fsp3) is 0.400. The van der Waals surface area contributed by atoms with Crippen molar-refractivity contribution in [3.05, 3.63) is 23.8 Å². The van der Waals surface area contributed by atoms with Crippen LogP contribution in [0.5, 0.6) is 5.75 Å². The summed E-state index contributed by atoms with van der Waals surface area (Å²) in [7, 11) is -1.97. The third kappa shape index (κ3) is 2.72. The molecule has 0 bridgehead atoms. The van der Waals surface area contributed by atoms with Gasteiger partial charge in [0.2, 0.25) is 0 Å². The van der Waals surface area contributed by atoms with Crippen LogP contribution in [0.15, 0.2) is 23.1 Å². The van der Waals surface area contributed by atoms with Crippen LogP contribution in [0.25, 0.3) is 0 Å². The minimum Gasteiger partial charge on any atom is -0.495 e. The lowest BCUT2D eigenvalue weighted by atomic mass is 10.1. The van der Waals surface area contributed by atoms with Crippen molar-refractivity contribution in [2.75, 3.05) is 20.0 Å². The summed E-state index contributed by atoms with van der Waals surface area (Å²) < 4.78 is 27.9. The van der Waals surface area contributed by atoms with Gasteiger partial charge in [0.25, 0.3) is 0 Å². The first kappa shape index (κ1) is 13.0. The van der Waals surface area contributed by atoms with E-state index in [9.17, 15) is 8.42 Å². The molecule has 1 atom stereocenters. The number of aliphatic hydroxyl groups is 1. The van der Waals surface area contributed by atoms with Gasteiger partial charge in [-0.1, -0.05) is 6.07 Å². The van der Waals surface area contributed by atoms with Crippen molar-refractivity contribution in [1.29, 1.82) is 0 Å². The average Bonchev–Trinajstić information content (AvgIpc) is 2.26. The number of nitrogens with two attached hydrogens (primary N) is 1. The highest BCUT2D eigenvalue weighted by Crippen LogP contribution is 2.26. The quantitative estimate of drug-likeness (QED) is 0.784. The maximum Gasteiger partial charge on any atom is 0.179 e. The van der Waals surface area contributed by atoms with E-state index in [1.54, 1.807) is 6.07 Å². The molecule has 1 aromatic rings. The molecule has 3 N–H and O–H groups in total. The van der Waals surface area contributed by atoms with Gasteiger partial charge < -0.3 is 15.6 Å². The molecular weight excluding hydrogens is 230 g/mol. The number of benzene rings is 1. The first-order valence-electron chi connectivity index (χ1n) is 4.64. The monoisotopic (exact) mass is 245 g/mol. The third-order valence-electron chi connectivity index (χ3n) is 2.21. The Balaban J connectivity index is 3.33. The number of rotatable bonds is 4. The normalized spacial score (nSPS) is 13.5. The SMILES string of the molecule is COc1ccc(C(N)CO)cc1S(C)(=O)=O. The van der Waals surface area contributed by atoms with Crippen LogP contribution < -0.4 is 10.5 Å². The zero-order chi connectivity index (χ0) is 12.3. The Bertz CT molecular complexity index is 470. The fourth-order valence-corrected chi connectivity index (χ4v) is 2.19. The van der Waals surface area contributed by atoms with E-state index >= 15 is 0 Å². The minimum absolute atomic E-state index is 0.0800. The Labute approximate surface area is 94.8 Å². The maximum atomic E-state index is 11.5. The van der Waals surface area contributed by atoms with Crippen molar-refractivity contribution in [3.8, 4) is 5.75 Å². The fourth-order valence-electron chi connectivity index (χ4n) is 1.32. The van der Waals surface area contributed by atoms with Crippen LogP contribution in [0.4, 0.5) is 0 Å². The molecule has 0 spiro atoms. The molecule has 90 valence electrons. The smallest absolute Gasteiger partial charge is 0.179 e. The molecule has 0 saturated heterocycles. The molecule has 1 aromatic carbocycles. The van der Waals surface area contributed by atoms with E-state index in [0.717, 1.165) is 6.26 Å². The first-order valence-corrected chi connectivity index (χ1v) is 6.53. The van der Waals surface area contributed by atoms with Crippen LogP contribution in [-0.4, -0.2) is 33.5 Å². The summed E-state index contributed by atoms with van der Waals surface area (Å²) in [6, 6.07) is 4.00. The maximum absolute atomic E-state index is 11.5. The van der Waals surface area contributed by atoms with Crippen molar-refractivity contribution in [3.63, 3.8) is 0 Å². The van der Waals surface area contributed by atoms with Gasteiger partial charge in [0.05, 0.1) is 19.8 Å². The summed E-state index contributed by atoms with van der Waals surface area (Å²) in [6.07, 6.45) is 1.10. The van der Waals surface area contributed by atoms with E-state index in [2.05, 4.69) is 0 Å². The second kappa shape index (κ2) is 4.82. The third-order valence-corrected chi connectivity index (χ3v) is 3.33. The number of ether oxygens (including phenoxy) is 1. The van der Waals surface area contributed by atoms with Gasteiger partial charge in [0.15, 0.2) is 9.84 Å². The summed E-state index contributed by atoms with van der Waals surface area (Å²) in [5.74, 6) is 0.274. The molecule has 16 heavy (non-hydrogen) atoms. The molecule has 0 aliphatic rings.